The molecule has 5 heteroatoms. The maximum atomic E-state index is 12.0. The minimum absolute atomic E-state index is 0.129. The average Bonchev–Trinajstić information content (AvgIpc) is 2.40. The molecule has 1 rings (SSSR count). The zero-order valence-corrected chi connectivity index (χ0v) is 12.0. The fourth-order valence-corrected chi connectivity index (χ4v) is 1.94. The lowest BCUT2D eigenvalue weighted by molar-refractivity contribution is -0.162. The van der Waals surface area contributed by atoms with Crippen molar-refractivity contribution in [1.29, 1.82) is 0 Å². The van der Waals surface area contributed by atoms with Crippen LogP contribution in [-0.4, -0.2) is 30.3 Å². The van der Waals surface area contributed by atoms with E-state index in [9.17, 15) is 14.7 Å². The molecule has 0 saturated heterocycles. The number of phenolic OH excluding ortho intramolecular Hbond substituents is 1. The Hall–Kier alpha value is -2.04. The van der Waals surface area contributed by atoms with Gasteiger partial charge in [0.15, 0.2) is 5.92 Å². The van der Waals surface area contributed by atoms with Crippen molar-refractivity contribution in [3.05, 3.63) is 29.8 Å². The van der Waals surface area contributed by atoms with Gasteiger partial charge in [-0.15, -0.1) is 0 Å². The number of hydrogen-bond acceptors (Lipinski definition) is 5. The standard InChI is InChI=1S/C15H20O5/c1-4-19-14(17)13(15(18)20-5-2)10(3)11-6-8-12(16)9-7-11/h6-10,13,16H,4-5H2,1-3H3/t10-/m1/s1. The van der Waals surface area contributed by atoms with E-state index in [0.717, 1.165) is 5.56 Å². The van der Waals surface area contributed by atoms with Crippen LogP contribution in [0.2, 0.25) is 0 Å². The summed E-state index contributed by atoms with van der Waals surface area (Å²) in [6.07, 6.45) is 0. The highest BCUT2D eigenvalue weighted by atomic mass is 16.6. The third-order valence-electron chi connectivity index (χ3n) is 3.00. The largest absolute Gasteiger partial charge is 0.508 e. The molecule has 1 atom stereocenters. The zero-order valence-electron chi connectivity index (χ0n) is 12.0. The molecule has 0 amide bonds. The van der Waals surface area contributed by atoms with Gasteiger partial charge in [0.05, 0.1) is 13.2 Å². The Morgan fingerprint density at radius 1 is 1.05 bits per heavy atom. The summed E-state index contributed by atoms with van der Waals surface area (Å²) in [6, 6.07) is 6.37. The SMILES string of the molecule is CCOC(=O)C(C(=O)OCC)[C@H](C)c1ccc(O)cc1. The van der Waals surface area contributed by atoms with Crippen molar-refractivity contribution in [2.24, 2.45) is 5.92 Å². The summed E-state index contributed by atoms with van der Waals surface area (Å²) in [4.78, 5) is 23.9. The van der Waals surface area contributed by atoms with Gasteiger partial charge in [0, 0.05) is 5.92 Å². The van der Waals surface area contributed by atoms with Crippen LogP contribution in [0.25, 0.3) is 0 Å². The number of rotatable bonds is 6. The highest BCUT2D eigenvalue weighted by Gasteiger charge is 2.35. The Bertz CT molecular complexity index is 434. The maximum Gasteiger partial charge on any atom is 0.320 e. The van der Waals surface area contributed by atoms with Crippen molar-refractivity contribution in [3.8, 4) is 5.75 Å². The summed E-state index contributed by atoms with van der Waals surface area (Å²) in [5.74, 6) is -2.45. The first kappa shape index (κ1) is 16.0. The normalized spacial score (nSPS) is 12.0. The van der Waals surface area contributed by atoms with Crippen molar-refractivity contribution >= 4 is 11.9 Å². The molecule has 0 saturated carbocycles. The van der Waals surface area contributed by atoms with Gasteiger partial charge in [-0.2, -0.15) is 0 Å². The van der Waals surface area contributed by atoms with E-state index in [0.29, 0.717) is 0 Å². The molecule has 0 aliphatic carbocycles. The molecule has 0 unspecified atom stereocenters. The number of esters is 2. The summed E-state index contributed by atoms with van der Waals surface area (Å²) in [7, 11) is 0. The smallest absolute Gasteiger partial charge is 0.320 e. The van der Waals surface area contributed by atoms with Gasteiger partial charge in [-0.25, -0.2) is 0 Å². The molecule has 1 N–H and O–H groups in total. The van der Waals surface area contributed by atoms with Crippen LogP contribution in [0.3, 0.4) is 0 Å². The van der Waals surface area contributed by atoms with E-state index in [4.69, 9.17) is 9.47 Å². The second-order valence-corrected chi connectivity index (χ2v) is 4.36. The van der Waals surface area contributed by atoms with Crippen LogP contribution < -0.4 is 0 Å². The summed E-state index contributed by atoms with van der Waals surface area (Å²) < 4.78 is 9.90. The van der Waals surface area contributed by atoms with Crippen LogP contribution in [-0.2, 0) is 19.1 Å². The van der Waals surface area contributed by atoms with E-state index in [1.54, 1.807) is 32.9 Å². The first-order valence-corrected chi connectivity index (χ1v) is 6.63. The predicted octanol–water partition coefficient (Wildman–Crippen LogP) is 2.24. The van der Waals surface area contributed by atoms with Crippen molar-refractivity contribution in [2.45, 2.75) is 26.7 Å². The molecule has 5 nitrogen and oxygen atoms in total. The Morgan fingerprint density at radius 2 is 1.50 bits per heavy atom. The Kier molecular flexibility index (Phi) is 6.03. The highest BCUT2D eigenvalue weighted by molar-refractivity contribution is 5.96. The van der Waals surface area contributed by atoms with E-state index in [2.05, 4.69) is 0 Å². The first-order chi connectivity index (χ1) is 9.51. The molecule has 1 aromatic carbocycles. The fourth-order valence-electron chi connectivity index (χ4n) is 1.94. The van der Waals surface area contributed by atoms with E-state index in [1.807, 2.05) is 0 Å². The number of aromatic hydroxyl groups is 1. The van der Waals surface area contributed by atoms with Crippen molar-refractivity contribution in [3.63, 3.8) is 0 Å². The fraction of sp³-hybridized carbons (Fsp3) is 0.467. The second kappa shape index (κ2) is 7.53. The Morgan fingerprint density at radius 3 is 1.90 bits per heavy atom. The van der Waals surface area contributed by atoms with Crippen LogP contribution in [0.4, 0.5) is 0 Å². The molecule has 0 bridgehead atoms. The van der Waals surface area contributed by atoms with Crippen molar-refractivity contribution in [1.82, 2.24) is 0 Å². The van der Waals surface area contributed by atoms with Gasteiger partial charge in [0.25, 0.3) is 0 Å². The third-order valence-corrected chi connectivity index (χ3v) is 3.00. The number of carbonyl (C=O) groups is 2. The van der Waals surface area contributed by atoms with Gasteiger partial charge in [0.2, 0.25) is 0 Å². The molecule has 0 aromatic heterocycles. The molecule has 0 radical (unpaired) electrons. The lowest BCUT2D eigenvalue weighted by atomic mass is 9.87. The molecule has 0 heterocycles. The zero-order chi connectivity index (χ0) is 15.1. The topological polar surface area (TPSA) is 72.8 Å². The molecular weight excluding hydrogens is 260 g/mol. The van der Waals surface area contributed by atoms with Gasteiger partial charge in [-0.3, -0.25) is 9.59 Å². The monoisotopic (exact) mass is 280 g/mol. The molecule has 0 fully saturated rings. The van der Waals surface area contributed by atoms with E-state index in [-0.39, 0.29) is 19.0 Å². The van der Waals surface area contributed by atoms with E-state index < -0.39 is 23.8 Å². The van der Waals surface area contributed by atoms with Crippen LogP contribution in [0.5, 0.6) is 5.75 Å². The molecule has 110 valence electrons. The molecule has 20 heavy (non-hydrogen) atoms. The van der Waals surface area contributed by atoms with E-state index in [1.165, 1.54) is 12.1 Å². The Balaban J connectivity index is 2.99. The highest BCUT2D eigenvalue weighted by Crippen LogP contribution is 2.28. The second-order valence-electron chi connectivity index (χ2n) is 4.36. The lowest BCUT2D eigenvalue weighted by Gasteiger charge is -2.21. The number of ether oxygens (including phenoxy) is 2. The number of hydrogen-bond donors (Lipinski definition) is 1. The Labute approximate surface area is 118 Å². The van der Waals surface area contributed by atoms with E-state index >= 15 is 0 Å². The number of phenols is 1. The molecule has 0 aliphatic heterocycles. The predicted molar refractivity (Wildman–Crippen MR) is 73.3 cm³/mol. The molecule has 0 aliphatic rings. The minimum atomic E-state index is -1.00. The van der Waals surface area contributed by atoms with Crippen LogP contribution in [0, 0.1) is 5.92 Å². The maximum absolute atomic E-state index is 12.0. The summed E-state index contributed by atoms with van der Waals surface area (Å²) in [6.45, 7) is 5.54. The van der Waals surface area contributed by atoms with Crippen LogP contribution in [0.15, 0.2) is 24.3 Å². The van der Waals surface area contributed by atoms with Gasteiger partial charge in [0.1, 0.15) is 5.75 Å². The van der Waals surface area contributed by atoms with Crippen LogP contribution in [0.1, 0.15) is 32.3 Å². The number of carbonyl (C=O) groups excluding carboxylic acids is 2. The minimum Gasteiger partial charge on any atom is -0.508 e. The van der Waals surface area contributed by atoms with Crippen molar-refractivity contribution < 1.29 is 24.2 Å². The lowest BCUT2D eigenvalue weighted by Crippen LogP contribution is -2.32. The van der Waals surface area contributed by atoms with Gasteiger partial charge < -0.3 is 14.6 Å². The third kappa shape index (κ3) is 3.98. The van der Waals surface area contributed by atoms with Gasteiger partial charge in [-0.1, -0.05) is 19.1 Å². The van der Waals surface area contributed by atoms with Gasteiger partial charge >= 0.3 is 11.9 Å². The average molecular weight is 280 g/mol. The molecule has 1 aromatic rings. The molecule has 0 spiro atoms. The first-order valence-electron chi connectivity index (χ1n) is 6.63. The summed E-state index contributed by atoms with van der Waals surface area (Å²) in [5.41, 5.74) is 0.758. The summed E-state index contributed by atoms with van der Waals surface area (Å²) in [5, 5.41) is 9.28. The van der Waals surface area contributed by atoms with Crippen LogP contribution >= 0.6 is 0 Å². The summed E-state index contributed by atoms with van der Waals surface area (Å²) >= 11 is 0. The quantitative estimate of drug-likeness (QED) is 0.639. The number of benzene rings is 1. The van der Waals surface area contributed by atoms with Gasteiger partial charge in [-0.05, 0) is 31.5 Å². The van der Waals surface area contributed by atoms with Crippen molar-refractivity contribution in [2.75, 3.05) is 13.2 Å². The molecular formula is C15H20O5.